The van der Waals surface area contributed by atoms with E-state index in [9.17, 15) is 12.8 Å². The van der Waals surface area contributed by atoms with E-state index < -0.39 is 20.7 Å². The minimum absolute atomic E-state index is 0.0621. The third-order valence-corrected chi connectivity index (χ3v) is 4.82. The number of ether oxygens (including phenoxy) is 2. The zero-order valence-electron chi connectivity index (χ0n) is 11.7. The Balaban J connectivity index is 2.10. The fourth-order valence-corrected chi connectivity index (χ4v) is 3.44. The Hall–Kier alpha value is -0.700. The fraction of sp³-hybridized carbons (Fsp3) is 0.538. The van der Waals surface area contributed by atoms with Crippen molar-refractivity contribution in [2.75, 3.05) is 6.61 Å². The molecule has 0 amide bonds. The van der Waals surface area contributed by atoms with Crippen LogP contribution in [0.1, 0.15) is 26.7 Å². The van der Waals surface area contributed by atoms with Crippen molar-refractivity contribution in [2.24, 2.45) is 5.14 Å². The van der Waals surface area contributed by atoms with E-state index in [1.54, 1.807) is 0 Å². The first-order valence-corrected chi connectivity index (χ1v) is 8.75. The van der Waals surface area contributed by atoms with Crippen molar-refractivity contribution >= 4 is 26.0 Å². The zero-order chi connectivity index (χ0) is 15.8. The molecule has 0 aliphatic carbocycles. The van der Waals surface area contributed by atoms with Crippen LogP contribution >= 0.6 is 15.9 Å². The second-order valence-corrected chi connectivity index (χ2v) is 7.99. The molecule has 1 fully saturated rings. The molecule has 5 nitrogen and oxygen atoms in total. The molecule has 1 unspecified atom stereocenters. The van der Waals surface area contributed by atoms with Crippen LogP contribution in [0, 0.1) is 5.82 Å². The molecule has 0 radical (unpaired) electrons. The first-order chi connectivity index (χ1) is 9.58. The molecule has 2 N–H and O–H groups in total. The largest absolute Gasteiger partial charge is 0.490 e. The van der Waals surface area contributed by atoms with Gasteiger partial charge in [0.15, 0.2) is 0 Å². The lowest BCUT2D eigenvalue weighted by Gasteiger charge is -2.19. The molecule has 0 bridgehead atoms. The van der Waals surface area contributed by atoms with Gasteiger partial charge in [-0.05, 0) is 48.7 Å². The van der Waals surface area contributed by atoms with Crippen LogP contribution in [0.4, 0.5) is 4.39 Å². The second-order valence-electron chi connectivity index (χ2n) is 5.61. The highest BCUT2D eigenvalue weighted by Gasteiger charge is 2.32. The summed E-state index contributed by atoms with van der Waals surface area (Å²) in [6.07, 6.45) is 1.73. The van der Waals surface area contributed by atoms with Gasteiger partial charge in [0.2, 0.25) is 10.0 Å². The smallest absolute Gasteiger partial charge is 0.241 e. The summed E-state index contributed by atoms with van der Waals surface area (Å²) in [5.41, 5.74) is -0.173. The first-order valence-electron chi connectivity index (χ1n) is 6.41. The number of benzene rings is 1. The van der Waals surface area contributed by atoms with Crippen molar-refractivity contribution in [1.29, 1.82) is 0 Å². The Morgan fingerprint density at radius 1 is 1.52 bits per heavy atom. The number of hydrogen-bond donors (Lipinski definition) is 1. The van der Waals surface area contributed by atoms with Gasteiger partial charge in [-0.25, -0.2) is 17.9 Å². The van der Waals surface area contributed by atoms with Crippen LogP contribution in [0.3, 0.4) is 0 Å². The molecule has 1 heterocycles. The van der Waals surface area contributed by atoms with Crippen LogP contribution in [-0.2, 0) is 14.8 Å². The first kappa shape index (κ1) is 16.7. The van der Waals surface area contributed by atoms with Crippen molar-refractivity contribution < 1.29 is 22.3 Å². The molecule has 118 valence electrons. The lowest BCUT2D eigenvalue weighted by molar-refractivity contribution is -0.0328. The molecule has 1 saturated heterocycles. The molecular formula is C13H17BrFNO4S. The summed E-state index contributed by atoms with van der Waals surface area (Å²) in [6.45, 7) is 4.28. The van der Waals surface area contributed by atoms with Gasteiger partial charge in [-0.2, -0.15) is 0 Å². The van der Waals surface area contributed by atoms with E-state index in [1.807, 2.05) is 13.8 Å². The van der Waals surface area contributed by atoms with Gasteiger partial charge >= 0.3 is 0 Å². The summed E-state index contributed by atoms with van der Waals surface area (Å²) in [6, 6.07) is 2.10. The van der Waals surface area contributed by atoms with Crippen molar-refractivity contribution in [3.63, 3.8) is 0 Å². The highest BCUT2D eigenvalue weighted by Crippen LogP contribution is 2.32. The lowest BCUT2D eigenvalue weighted by atomic mass is 10.1. The maximum atomic E-state index is 13.8. The van der Waals surface area contributed by atoms with Gasteiger partial charge in [0, 0.05) is 6.07 Å². The average molecular weight is 382 g/mol. The molecule has 1 aromatic carbocycles. The molecule has 21 heavy (non-hydrogen) atoms. The summed E-state index contributed by atoms with van der Waals surface area (Å²) >= 11 is 3.15. The maximum absolute atomic E-state index is 13.8. The Bertz CT molecular complexity index is 648. The van der Waals surface area contributed by atoms with Crippen molar-refractivity contribution in [1.82, 2.24) is 0 Å². The van der Waals surface area contributed by atoms with Crippen molar-refractivity contribution in [2.45, 2.75) is 43.3 Å². The van der Waals surface area contributed by atoms with Gasteiger partial charge in [-0.1, -0.05) is 0 Å². The summed E-state index contributed by atoms with van der Waals surface area (Å²) in [5, 5.41) is 4.93. The zero-order valence-corrected chi connectivity index (χ0v) is 14.1. The van der Waals surface area contributed by atoms with Crippen LogP contribution in [0.25, 0.3) is 0 Å². The van der Waals surface area contributed by atoms with Crippen LogP contribution < -0.4 is 9.88 Å². The van der Waals surface area contributed by atoms with Crippen LogP contribution in [0.2, 0.25) is 0 Å². The molecule has 1 aliphatic heterocycles. The van der Waals surface area contributed by atoms with E-state index in [2.05, 4.69) is 15.9 Å². The van der Waals surface area contributed by atoms with Crippen LogP contribution in [-0.4, -0.2) is 26.7 Å². The van der Waals surface area contributed by atoms with Gasteiger partial charge < -0.3 is 9.47 Å². The fourth-order valence-electron chi connectivity index (χ4n) is 2.22. The Morgan fingerprint density at radius 2 is 2.19 bits per heavy atom. The Morgan fingerprint density at radius 3 is 2.71 bits per heavy atom. The maximum Gasteiger partial charge on any atom is 0.241 e. The number of hydrogen-bond acceptors (Lipinski definition) is 4. The van der Waals surface area contributed by atoms with E-state index in [1.165, 1.54) is 0 Å². The quantitative estimate of drug-likeness (QED) is 0.868. The Kier molecular flexibility index (Phi) is 4.63. The highest BCUT2D eigenvalue weighted by atomic mass is 79.9. The number of primary sulfonamides is 1. The topological polar surface area (TPSA) is 78.6 Å². The molecule has 2 rings (SSSR count). The third-order valence-electron chi connectivity index (χ3n) is 3.27. The molecule has 0 saturated carbocycles. The molecule has 0 spiro atoms. The molecule has 1 atom stereocenters. The molecular weight excluding hydrogens is 365 g/mol. The minimum Gasteiger partial charge on any atom is -0.490 e. The van der Waals surface area contributed by atoms with E-state index in [0.717, 1.165) is 25.0 Å². The minimum atomic E-state index is -4.10. The summed E-state index contributed by atoms with van der Waals surface area (Å²) in [4.78, 5) is -0.569. The van der Waals surface area contributed by atoms with E-state index in [0.29, 0.717) is 4.47 Å². The molecule has 0 aromatic heterocycles. The summed E-state index contributed by atoms with van der Waals surface area (Å²) in [7, 11) is -4.10. The summed E-state index contributed by atoms with van der Waals surface area (Å²) in [5.74, 6) is -0.725. The monoisotopic (exact) mass is 381 g/mol. The SMILES string of the molecule is CC1(C)CCC(COc2cc(F)c(S(N)(=O)=O)cc2Br)O1. The summed E-state index contributed by atoms with van der Waals surface area (Å²) < 4.78 is 47.8. The van der Waals surface area contributed by atoms with Gasteiger partial charge in [-0.15, -0.1) is 0 Å². The number of rotatable bonds is 4. The normalized spacial score (nSPS) is 21.5. The average Bonchev–Trinajstić information content (AvgIpc) is 2.68. The predicted molar refractivity (Wildman–Crippen MR) is 79.2 cm³/mol. The van der Waals surface area contributed by atoms with Crippen LogP contribution in [0.15, 0.2) is 21.5 Å². The second kappa shape index (κ2) is 5.83. The van der Waals surface area contributed by atoms with Gasteiger partial charge in [0.05, 0.1) is 16.2 Å². The number of sulfonamides is 1. The number of halogens is 2. The van der Waals surface area contributed by atoms with Crippen molar-refractivity contribution in [3.8, 4) is 5.75 Å². The lowest BCUT2D eigenvalue weighted by Crippen LogP contribution is -2.24. The van der Waals surface area contributed by atoms with E-state index in [4.69, 9.17) is 14.6 Å². The molecule has 1 aromatic rings. The van der Waals surface area contributed by atoms with E-state index >= 15 is 0 Å². The molecule has 1 aliphatic rings. The molecule has 8 heteroatoms. The van der Waals surface area contributed by atoms with E-state index in [-0.39, 0.29) is 24.1 Å². The highest BCUT2D eigenvalue weighted by molar-refractivity contribution is 9.10. The van der Waals surface area contributed by atoms with Gasteiger partial charge in [0.1, 0.15) is 23.1 Å². The van der Waals surface area contributed by atoms with Crippen molar-refractivity contribution in [3.05, 3.63) is 22.4 Å². The van der Waals surface area contributed by atoms with Crippen LogP contribution in [0.5, 0.6) is 5.75 Å². The third kappa shape index (κ3) is 4.15. The van der Waals surface area contributed by atoms with Gasteiger partial charge in [-0.3, -0.25) is 0 Å². The predicted octanol–water partition coefficient (Wildman–Crippen LogP) is 2.57. The number of nitrogens with two attached hydrogens (primary N) is 1. The standard InChI is InChI=1S/C13H17BrFNO4S/c1-13(2)4-3-8(20-13)7-19-11-6-10(15)12(5-9(11)14)21(16,17)18/h5-6,8H,3-4,7H2,1-2H3,(H2,16,17,18). The van der Waals surface area contributed by atoms with Gasteiger partial charge in [0.25, 0.3) is 0 Å². The Labute approximate surface area is 131 Å².